The normalized spacial score (nSPS) is 15.1. The van der Waals surface area contributed by atoms with Crippen molar-refractivity contribution in [3.63, 3.8) is 0 Å². The SMILES string of the molecule is CCc1ccc(C=NN2CCN(c3ccccc3OC)CC2)cc1. The third-order valence-electron chi connectivity index (χ3n) is 4.44. The number of piperazine rings is 1. The number of nitrogens with zero attached hydrogens (tertiary/aromatic N) is 3. The minimum absolute atomic E-state index is 0.918. The Morgan fingerprint density at radius 2 is 1.71 bits per heavy atom. The number of methoxy groups -OCH3 is 1. The standard InChI is InChI=1S/C20H25N3O/c1-3-17-8-10-18(11-9-17)16-21-23-14-12-22(13-15-23)19-6-4-5-7-20(19)24-2/h4-11,16H,3,12-15H2,1-2H3. The van der Waals surface area contributed by atoms with E-state index in [0.29, 0.717) is 0 Å². The summed E-state index contributed by atoms with van der Waals surface area (Å²) in [5, 5.41) is 6.77. The van der Waals surface area contributed by atoms with Crippen LogP contribution < -0.4 is 9.64 Å². The molecule has 0 aliphatic carbocycles. The Labute approximate surface area is 144 Å². The molecular weight excluding hydrogens is 298 g/mol. The van der Waals surface area contributed by atoms with Crippen molar-refractivity contribution in [2.75, 3.05) is 38.2 Å². The van der Waals surface area contributed by atoms with Crippen LogP contribution in [0.25, 0.3) is 0 Å². The molecule has 0 N–H and O–H groups in total. The van der Waals surface area contributed by atoms with E-state index in [9.17, 15) is 0 Å². The van der Waals surface area contributed by atoms with Gasteiger partial charge in [-0.3, -0.25) is 5.01 Å². The molecule has 0 aromatic heterocycles. The topological polar surface area (TPSA) is 28.1 Å². The van der Waals surface area contributed by atoms with Gasteiger partial charge in [0.15, 0.2) is 0 Å². The summed E-state index contributed by atoms with van der Waals surface area (Å²) in [6.45, 7) is 5.91. The van der Waals surface area contributed by atoms with E-state index in [2.05, 4.69) is 58.3 Å². The average Bonchev–Trinajstić information content (AvgIpc) is 2.67. The Morgan fingerprint density at radius 3 is 2.38 bits per heavy atom. The van der Waals surface area contributed by atoms with E-state index < -0.39 is 0 Å². The quantitative estimate of drug-likeness (QED) is 0.789. The van der Waals surface area contributed by atoms with Crippen LogP contribution in [0.4, 0.5) is 5.69 Å². The zero-order chi connectivity index (χ0) is 16.8. The van der Waals surface area contributed by atoms with Crippen molar-refractivity contribution < 1.29 is 4.74 Å². The molecule has 0 amide bonds. The fraction of sp³-hybridized carbons (Fsp3) is 0.350. The number of rotatable bonds is 5. The summed E-state index contributed by atoms with van der Waals surface area (Å²) in [6.07, 6.45) is 3.03. The van der Waals surface area contributed by atoms with Crippen LogP contribution in [0.2, 0.25) is 0 Å². The lowest BCUT2D eigenvalue weighted by Gasteiger charge is -2.35. The van der Waals surface area contributed by atoms with Gasteiger partial charge < -0.3 is 9.64 Å². The molecule has 1 saturated heterocycles. The van der Waals surface area contributed by atoms with Gasteiger partial charge in [-0.15, -0.1) is 0 Å². The highest BCUT2D eigenvalue weighted by Gasteiger charge is 2.18. The predicted molar refractivity (Wildman–Crippen MR) is 100 cm³/mol. The summed E-state index contributed by atoms with van der Waals surface area (Å²) in [7, 11) is 1.73. The molecule has 1 aliphatic rings. The Hall–Kier alpha value is -2.49. The number of anilines is 1. The molecule has 1 aliphatic heterocycles. The second-order valence-corrected chi connectivity index (χ2v) is 5.95. The smallest absolute Gasteiger partial charge is 0.142 e. The highest BCUT2D eigenvalue weighted by Crippen LogP contribution is 2.28. The number of ether oxygens (including phenoxy) is 1. The molecule has 126 valence electrons. The molecule has 0 radical (unpaired) electrons. The van der Waals surface area contributed by atoms with Gasteiger partial charge in [-0.1, -0.05) is 43.3 Å². The van der Waals surface area contributed by atoms with Crippen LogP contribution in [0.15, 0.2) is 53.6 Å². The van der Waals surface area contributed by atoms with Gasteiger partial charge in [0.25, 0.3) is 0 Å². The maximum atomic E-state index is 5.46. The van der Waals surface area contributed by atoms with Crippen molar-refractivity contribution in [3.8, 4) is 5.75 Å². The molecule has 4 nitrogen and oxygen atoms in total. The van der Waals surface area contributed by atoms with Crippen molar-refractivity contribution in [3.05, 3.63) is 59.7 Å². The van der Waals surface area contributed by atoms with Crippen LogP contribution in [0.5, 0.6) is 5.75 Å². The molecule has 0 atom stereocenters. The van der Waals surface area contributed by atoms with Crippen LogP contribution >= 0.6 is 0 Å². The molecule has 2 aromatic rings. The zero-order valence-corrected chi connectivity index (χ0v) is 14.5. The molecule has 24 heavy (non-hydrogen) atoms. The van der Waals surface area contributed by atoms with Gasteiger partial charge in [0.2, 0.25) is 0 Å². The van der Waals surface area contributed by atoms with Crippen LogP contribution in [0, 0.1) is 0 Å². The number of para-hydroxylation sites is 2. The first kappa shape index (κ1) is 16.4. The van der Waals surface area contributed by atoms with E-state index in [0.717, 1.165) is 43.9 Å². The van der Waals surface area contributed by atoms with E-state index in [1.807, 2.05) is 18.3 Å². The van der Waals surface area contributed by atoms with Gasteiger partial charge in [-0.05, 0) is 29.7 Å². The highest BCUT2D eigenvalue weighted by atomic mass is 16.5. The van der Waals surface area contributed by atoms with Crippen molar-refractivity contribution in [2.24, 2.45) is 5.10 Å². The van der Waals surface area contributed by atoms with Crippen molar-refractivity contribution in [1.82, 2.24) is 5.01 Å². The van der Waals surface area contributed by atoms with E-state index in [4.69, 9.17) is 4.74 Å². The van der Waals surface area contributed by atoms with E-state index in [1.165, 1.54) is 11.3 Å². The minimum Gasteiger partial charge on any atom is -0.495 e. The average molecular weight is 323 g/mol. The first-order valence-electron chi connectivity index (χ1n) is 8.56. The van der Waals surface area contributed by atoms with Gasteiger partial charge in [0.1, 0.15) is 5.75 Å². The Morgan fingerprint density at radius 1 is 1.00 bits per heavy atom. The molecule has 3 rings (SSSR count). The summed E-state index contributed by atoms with van der Waals surface area (Å²) in [6, 6.07) is 16.8. The summed E-state index contributed by atoms with van der Waals surface area (Å²) in [5.74, 6) is 0.936. The number of benzene rings is 2. The van der Waals surface area contributed by atoms with Crippen molar-refractivity contribution in [2.45, 2.75) is 13.3 Å². The van der Waals surface area contributed by atoms with Crippen LogP contribution in [0.1, 0.15) is 18.1 Å². The maximum absolute atomic E-state index is 5.46. The van der Waals surface area contributed by atoms with Crippen LogP contribution in [-0.4, -0.2) is 44.5 Å². The molecule has 1 fully saturated rings. The van der Waals surface area contributed by atoms with E-state index >= 15 is 0 Å². The maximum Gasteiger partial charge on any atom is 0.142 e. The van der Waals surface area contributed by atoms with Crippen LogP contribution in [0.3, 0.4) is 0 Å². The first-order chi connectivity index (χ1) is 11.8. The lowest BCUT2D eigenvalue weighted by atomic mass is 10.1. The van der Waals surface area contributed by atoms with Gasteiger partial charge in [-0.25, -0.2) is 0 Å². The van der Waals surface area contributed by atoms with Gasteiger partial charge in [0.05, 0.1) is 32.1 Å². The molecule has 4 heteroatoms. The highest BCUT2D eigenvalue weighted by molar-refractivity contribution is 5.79. The second kappa shape index (κ2) is 7.86. The summed E-state index contributed by atoms with van der Waals surface area (Å²) < 4.78 is 5.46. The molecule has 0 saturated carbocycles. The molecule has 2 aromatic carbocycles. The van der Waals surface area contributed by atoms with E-state index in [1.54, 1.807) is 7.11 Å². The predicted octanol–water partition coefficient (Wildman–Crippen LogP) is 3.41. The molecular formula is C20H25N3O. The zero-order valence-electron chi connectivity index (χ0n) is 14.5. The number of hydrogen-bond acceptors (Lipinski definition) is 4. The van der Waals surface area contributed by atoms with Gasteiger partial charge >= 0.3 is 0 Å². The third kappa shape index (κ3) is 3.88. The number of hydrogen-bond donors (Lipinski definition) is 0. The Bertz CT molecular complexity index is 674. The molecule has 0 spiro atoms. The molecule has 0 unspecified atom stereocenters. The summed E-state index contributed by atoms with van der Waals surface area (Å²) in [5.41, 5.74) is 3.68. The van der Waals surface area contributed by atoms with Crippen molar-refractivity contribution >= 4 is 11.9 Å². The first-order valence-corrected chi connectivity index (χ1v) is 8.56. The largest absolute Gasteiger partial charge is 0.495 e. The fourth-order valence-electron chi connectivity index (χ4n) is 2.93. The van der Waals surface area contributed by atoms with Gasteiger partial charge in [-0.2, -0.15) is 5.10 Å². The lowest BCUT2D eigenvalue weighted by Crippen LogP contribution is -2.44. The second-order valence-electron chi connectivity index (χ2n) is 5.95. The number of aryl methyl sites for hydroxylation is 1. The monoisotopic (exact) mass is 323 g/mol. The molecule has 0 bridgehead atoms. The summed E-state index contributed by atoms with van der Waals surface area (Å²) >= 11 is 0. The Kier molecular flexibility index (Phi) is 5.36. The van der Waals surface area contributed by atoms with Crippen LogP contribution in [-0.2, 0) is 6.42 Å². The number of hydrazone groups is 1. The summed E-state index contributed by atoms with van der Waals surface area (Å²) in [4.78, 5) is 2.36. The van der Waals surface area contributed by atoms with Gasteiger partial charge in [0, 0.05) is 13.1 Å². The lowest BCUT2D eigenvalue weighted by molar-refractivity contribution is 0.271. The fourth-order valence-corrected chi connectivity index (χ4v) is 2.93. The van der Waals surface area contributed by atoms with Crippen molar-refractivity contribution in [1.29, 1.82) is 0 Å². The molecule has 1 heterocycles. The Balaban J connectivity index is 1.57. The minimum atomic E-state index is 0.918. The third-order valence-corrected chi connectivity index (χ3v) is 4.44. The van der Waals surface area contributed by atoms with E-state index in [-0.39, 0.29) is 0 Å².